The summed E-state index contributed by atoms with van der Waals surface area (Å²) in [6.07, 6.45) is 2.72. The molecule has 0 saturated heterocycles. The molecule has 7 heteroatoms. The van der Waals surface area contributed by atoms with Crippen LogP contribution in [0.1, 0.15) is 11.3 Å². The third-order valence-corrected chi connectivity index (χ3v) is 3.67. The summed E-state index contributed by atoms with van der Waals surface area (Å²) in [4.78, 5) is 4.36. The number of aromatic nitrogens is 3. The van der Waals surface area contributed by atoms with Gasteiger partial charge < -0.3 is 14.9 Å². The Morgan fingerprint density at radius 2 is 2.04 bits per heavy atom. The first kappa shape index (κ1) is 15.5. The van der Waals surface area contributed by atoms with E-state index < -0.39 is 5.79 Å². The lowest BCUT2D eigenvalue weighted by Crippen LogP contribution is -2.27. The summed E-state index contributed by atoms with van der Waals surface area (Å²) in [6, 6.07) is 10.2. The zero-order chi connectivity index (χ0) is 16.4. The maximum atomic E-state index is 10.4. The Morgan fingerprint density at radius 1 is 1.22 bits per heavy atom. The summed E-state index contributed by atoms with van der Waals surface area (Å²) in [5.41, 5.74) is 1.41. The summed E-state index contributed by atoms with van der Waals surface area (Å²) < 4.78 is 5.31. The Hall–Kier alpha value is -2.41. The van der Waals surface area contributed by atoms with Crippen LogP contribution in [-0.2, 0) is 5.79 Å². The van der Waals surface area contributed by atoms with Gasteiger partial charge in [0.25, 0.3) is 0 Å². The van der Waals surface area contributed by atoms with E-state index in [1.54, 1.807) is 24.3 Å². The first-order valence-corrected chi connectivity index (χ1v) is 7.15. The molecule has 23 heavy (non-hydrogen) atoms. The van der Waals surface area contributed by atoms with Gasteiger partial charge in [-0.1, -0.05) is 23.7 Å². The molecule has 118 valence electrons. The van der Waals surface area contributed by atoms with Crippen molar-refractivity contribution >= 4 is 11.6 Å². The molecule has 0 saturated carbocycles. The zero-order valence-electron chi connectivity index (χ0n) is 12.2. The quantitative estimate of drug-likeness (QED) is 0.638. The number of H-pyrrole nitrogens is 1. The highest BCUT2D eigenvalue weighted by Gasteiger charge is 2.32. The van der Waals surface area contributed by atoms with Crippen LogP contribution in [-0.4, -0.2) is 32.5 Å². The van der Waals surface area contributed by atoms with E-state index in [2.05, 4.69) is 15.2 Å². The van der Waals surface area contributed by atoms with E-state index in [1.165, 1.54) is 25.6 Å². The Kier molecular flexibility index (Phi) is 4.04. The number of ether oxygens (including phenoxy) is 1. The van der Waals surface area contributed by atoms with Gasteiger partial charge in [0.15, 0.2) is 0 Å². The number of hydrogen-bond donors (Lipinski definition) is 3. The van der Waals surface area contributed by atoms with Gasteiger partial charge in [-0.2, -0.15) is 5.10 Å². The molecule has 0 aliphatic carbocycles. The second-order valence-electron chi connectivity index (χ2n) is 4.92. The van der Waals surface area contributed by atoms with Gasteiger partial charge in [-0.25, -0.2) is 4.98 Å². The van der Waals surface area contributed by atoms with Crippen molar-refractivity contribution in [2.45, 2.75) is 5.79 Å². The minimum atomic E-state index is -2.27. The standard InChI is InChI=1S/C16H14ClN3O3/c1-23-13-5-6-14(16(21,22)11-8-18-19-9-11)20-15(13)10-3-2-4-12(17)7-10/h2-9,21-22H,1H3,(H,18,19). The van der Waals surface area contributed by atoms with E-state index in [0.717, 1.165) is 0 Å². The second-order valence-corrected chi connectivity index (χ2v) is 5.35. The smallest absolute Gasteiger partial charge is 0.238 e. The molecule has 2 heterocycles. The van der Waals surface area contributed by atoms with Crippen molar-refractivity contribution in [2.75, 3.05) is 7.11 Å². The Labute approximate surface area is 137 Å². The topological polar surface area (TPSA) is 91.3 Å². The zero-order valence-corrected chi connectivity index (χ0v) is 12.9. The molecule has 0 radical (unpaired) electrons. The SMILES string of the molecule is COc1ccc(C(O)(O)c2cn[nH]c2)nc1-c1cccc(Cl)c1. The number of hydrogen-bond acceptors (Lipinski definition) is 5. The normalized spacial score (nSPS) is 11.5. The maximum Gasteiger partial charge on any atom is 0.238 e. The molecule has 0 amide bonds. The Balaban J connectivity index is 2.13. The number of aromatic amines is 1. The van der Waals surface area contributed by atoms with Crippen LogP contribution in [0.4, 0.5) is 0 Å². The van der Waals surface area contributed by atoms with E-state index in [-0.39, 0.29) is 11.3 Å². The van der Waals surface area contributed by atoms with Crippen LogP contribution in [0, 0.1) is 0 Å². The van der Waals surface area contributed by atoms with E-state index in [0.29, 0.717) is 22.0 Å². The number of pyridine rings is 1. The molecule has 3 rings (SSSR count). The van der Waals surface area contributed by atoms with Crippen LogP contribution in [0.25, 0.3) is 11.3 Å². The lowest BCUT2D eigenvalue weighted by molar-refractivity contribution is -0.135. The van der Waals surface area contributed by atoms with Crippen LogP contribution < -0.4 is 4.74 Å². The number of methoxy groups -OCH3 is 1. The van der Waals surface area contributed by atoms with Gasteiger partial charge in [0.2, 0.25) is 5.79 Å². The third kappa shape index (κ3) is 2.92. The maximum absolute atomic E-state index is 10.4. The molecule has 0 atom stereocenters. The van der Waals surface area contributed by atoms with Crippen LogP contribution in [0.2, 0.25) is 5.02 Å². The van der Waals surface area contributed by atoms with Crippen LogP contribution in [0.15, 0.2) is 48.8 Å². The van der Waals surface area contributed by atoms with Crippen molar-refractivity contribution in [3.05, 3.63) is 65.1 Å². The number of rotatable bonds is 4. The fourth-order valence-corrected chi connectivity index (χ4v) is 2.43. The molecule has 0 aliphatic rings. The van der Waals surface area contributed by atoms with E-state index in [4.69, 9.17) is 16.3 Å². The molecule has 6 nitrogen and oxygen atoms in total. The van der Waals surface area contributed by atoms with Crippen molar-refractivity contribution in [3.8, 4) is 17.0 Å². The van der Waals surface area contributed by atoms with Crippen molar-refractivity contribution in [2.24, 2.45) is 0 Å². The van der Waals surface area contributed by atoms with Crippen molar-refractivity contribution in [3.63, 3.8) is 0 Å². The lowest BCUT2D eigenvalue weighted by atomic mass is 10.0. The minimum absolute atomic E-state index is 0.0506. The van der Waals surface area contributed by atoms with Crippen molar-refractivity contribution < 1.29 is 14.9 Å². The average Bonchev–Trinajstić information content (AvgIpc) is 3.09. The Morgan fingerprint density at radius 3 is 2.70 bits per heavy atom. The molecule has 0 bridgehead atoms. The monoisotopic (exact) mass is 331 g/mol. The van der Waals surface area contributed by atoms with Crippen LogP contribution in [0.3, 0.4) is 0 Å². The van der Waals surface area contributed by atoms with Gasteiger partial charge in [-0.05, 0) is 24.3 Å². The van der Waals surface area contributed by atoms with Gasteiger partial charge in [0, 0.05) is 16.8 Å². The van der Waals surface area contributed by atoms with Gasteiger partial charge in [-0.3, -0.25) is 5.10 Å². The predicted octanol–water partition coefficient (Wildman–Crippen LogP) is 2.32. The summed E-state index contributed by atoms with van der Waals surface area (Å²) in [7, 11) is 1.52. The summed E-state index contributed by atoms with van der Waals surface area (Å²) in [5.74, 6) is -1.77. The number of aliphatic hydroxyl groups is 2. The number of halogens is 1. The van der Waals surface area contributed by atoms with E-state index in [9.17, 15) is 10.2 Å². The Bertz CT molecular complexity index is 819. The minimum Gasteiger partial charge on any atom is -0.494 e. The lowest BCUT2D eigenvalue weighted by Gasteiger charge is -2.21. The molecule has 3 aromatic rings. The van der Waals surface area contributed by atoms with Crippen LogP contribution >= 0.6 is 11.6 Å². The molecule has 0 aliphatic heterocycles. The molecule has 2 aromatic heterocycles. The number of benzene rings is 1. The van der Waals surface area contributed by atoms with Crippen molar-refractivity contribution in [1.29, 1.82) is 0 Å². The molecule has 0 spiro atoms. The first-order chi connectivity index (χ1) is 11.0. The van der Waals surface area contributed by atoms with Gasteiger partial charge in [0.05, 0.1) is 18.9 Å². The number of nitrogens with one attached hydrogen (secondary N) is 1. The second kappa shape index (κ2) is 6.00. The molecular weight excluding hydrogens is 318 g/mol. The highest BCUT2D eigenvalue weighted by atomic mass is 35.5. The van der Waals surface area contributed by atoms with Gasteiger partial charge in [-0.15, -0.1) is 0 Å². The van der Waals surface area contributed by atoms with Gasteiger partial charge in [0.1, 0.15) is 17.1 Å². The predicted molar refractivity (Wildman–Crippen MR) is 85.0 cm³/mol. The molecule has 3 N–H and O–H groups in total. The van der Waals surface area contributed by atoms with E-state index >= 15 is 0 Å². The summed E-state index contributed by atoms with van der Waals surface area (Å²) >= 11 is 6.02. The highest BCUT2D eigenvalue weighted by Crippen LogP contribution is 2.33. The largest absolute Gasteiger partial charge is 0.494 e. The number of nitrogens with zero attached hydrogens (tertiary/aromatic N) is 2. The highest BCUT2D eigenvalue weighted by molar-refractivity contribution is 6.30. The molecular formula is C16H14ClN3O3. The first-order valence-electron chi connectivity index (χ1n) is 6.78. The molecule has 1 aromatic carbocycles. The van der Waals surface area contributed by atoms with E-state index in [1.807, 2.05) is 6.07 Å². The fraction of sp³-hybridized carbons (Fsp3) is 0.125. The molecule has 0 unspecified atom stereocenters. The molecule has 0 fully saturated rings. The average molecular weight is 332 g/mol. The summed E-state index contributed by atoms with van der Waals surface area (Å²) in [5, 5.41) is 27.6. The fourth-order valence-electron chi connectivity index (χ4n) is 2.24. The third-order valence-electron chi connectivity index (χ3n) is 3.43. The van der Waals surface area contributed by atoms with Gasteiger partial charge >= 0.3 is 0 Å². The van der Waals surface area contributed by atoms with Crippen LogP contribution in [0.5, 0.6) is 5.75 Å². The summed E-state index contributed by atoms with van der Waals surface area (Å²) in [6.45, 7) is 0. The van der Waals surface area contributed by atoms with Crippen molar-refractivity contribution in [1.82, 2.24) is 15.2 Å².